The molecule has 7 heteroatoms. The van der Waals surface area contributed by atoms with E-state index >= 15 is 0 Å². The highest BCUT2D eigenvalue weighted by Gasteiger charge is 2.28. The second-order valence-electron chi connectivity index (χ2n) is 7.84. The SMILES string of the molecule is COc1cc(CN[C@H](C)c2ccc3c(c2)CCO3)ccc1OCCN1C(=O)CCC1=O. The summed E-state index contributed by atoms with van der Waals surface area (Å²) in [7, 11) is 1.60. The molecule has 2 aromatic carbocycles. The summed E-state index contributed by atoms with van der Waals surface area (Å²) in [6.45, 7) is 4.09. The van der Waals surface area contributed by atoms with Crippen LogP contribution in [0.2, 0.25) is 0 Å². The maximum Gasteiger partial charge on any atom is 0.229 e. The molecule has 0 unspecified atom stereocenters. The summed E-state index contributed by atoms with van der Waals surface area (Å²) in [5.74, 6) is 1.95. The van der Waals surface area contributed by atoms with Gasteiger partial charge in [-0.15, -0.1) is 0 Å². The first-order valence-corrected chi connectivity index (χ1v) is 10.7. The number of imide groups is 1. The molecule has 7 nitrogen and oxygen atoms in total. The number of carbonyl (C=O) groups excluding carboxylic acids is 2. The molecule has 2 heterocycles. The van der Waals surface area contributed by atoms with Gasteiger partial charge in [0.05, 0.1) is 20.3 Å². The van der Waals surface area contributed by atoms with Crippen molar-refractivity contribution in [3.63, 3.8) is 0 Å². The minimum atomic E-state index is -0.132. The van der Waals surface area contributed by atoms with Gasteiger partial charge in [0.2, 0.25) is 11.8 Å². The van der Waals surface area contributed by atoms with Crippen molar-refractivity contribution >= 4 is 11.8 Å². The molecule has 2 amide bonds. The van der Waals surface area contributed by atoms with Crippen LogP contribution in [0.4, 0.5) is 0 Å². The summed E-state index contributed by atoms with van der Waals surface area (Å²) in [6, 6.07) is 12.4. The maximum absolute atomic E-state index is 11.7. The van der Waals surface area contributed by atoms with Gasteiger partial charge in [-0.25, -0.2) is 0 Å². The molecule has 164 valence electrons. The Balaban J connectivity index is 1.32. The van der Waals surface area contributed by atoms with Gasteiger partial charge in [-0.3, -0.25) is 14.5 Å². The Morgan fingerprint density at radius 2 is 1.87 bits per heavy atom. The van der Waals surface area contributed by atoms with E-state index in [0.29, 0.717) is 30.9 Å². The van der Waals surface area contributed by atoms with Gasteiger partial charge in [-0.05, 0) is 41.8 Å². The highest BCUT2D eigenvalue weighted by Crippen LogP contribution is 2.30. The number of benzene rings is 2. The molecule has 2 aromatic rings. The largest absolute Gasteiger partial charge is 0.493 e. The summed E-state index contributed by atoms with van der Waals surface area (Å²) < 4.78 is 16.8. The van der Waals surface area contributed by atoms with Crippen LogP contribution in [0.25, 0.3) is 0 Å². The standard InChI is InChI=1S/C24H28N2O5/c1-16(18-4-6-20-19(14-18)9-11-30-20)25-15-17-3-5-21(22(13-17)29-2)31-12-10-26-23(27)7-8-24(26)28/h3-6,13-14,16,25H,7-12,15H2,1-2H3/t16-/m1/s1. The predicted molar refractivity (Wildman–Crippen MR) is 115 cm³/mol. The smallest absolute Gasteiger partial charge is 0.229 e. The molecule has 0 aliphatic carbocycles. The third-order valence-electron chi connectivity index (χ3n) is 5.78. The van der Waals surface area contributed by atoms with Crippen molar-refractivity contribution in [2.24, 2.45) is 0 Å². The molecule has 31 heavy (non-hydrogen) atoms. The zero-order chi connectivity index (χ0) is 21.8. The van der Waals surface area contributed by atoms with Crippen LogP contribution in [0.5, 0.6) is 17.2 Å². The summed E-state index contributed by atoms with van der Waals surface area (Å²) in [5.41, 5.74) is 3.58. The number of methoxy groups -OCH3 is 1. The second-order valence-corrected chi connectivity index (χ2v) is 7.84. The van der Waals surface area contributed by atoms with Crippen LogP contribution >= 0.6 is 0 Å². The number of rotatable bonds is 9. The van der Waals surface area contributed by atoms with Gasteiger partial charge in [0, 0.05) is 31.8 Å². The van der Waals surface area contributed by atoms with Crippen LogP contribution in [-0.2, 0) is 22.6 Å². The molecular weight excluding hydrogens is 396 g/mol. The molecular formula is C24H28N2O5. The molecule has 0 spiro atoms. The topological polar surface area (TPSA) is 77.1 Å². The minimum Gasteiger partial charge on any atom is -0.493 e. The third-order valence-corrected chi connectivity index (χ3v) is 5.78. The van der Waals surface area contributed by atoms with Gasteiger partial charge in [0.15, 0.2) is 11.5 Å². The summed E-state index contributed by atoms with van der Waals surface area (Å²) >= 11 is 0. The molecule has 0 saturated carbocycles. The lowest BCUT2D eigenvalue weighted by molar-refractivity contribution is -0.138. The molecule has 4 rings (SSSR count). The predicted octanol–water partition coefficient (Wildman–Crippen LogP) is 3.01. The number of carbonyl (C=O) groups is 2. The summed E-state index contributed by atoms with van der Waals surface area (Å²) in [4.78, 5) is 24.6. The van der Waals surface area contributed by atoms with Gasteiger partial charge < -0.3 is 19.5 Å². The normalized spacial score (nSPS) is 16.3. The van der Waals surface area contributed by atoms with E-state index in [1.54, 1.807) is 7.11 Å². The fourth-order valence-corrected chi connectivity index (χ4v) is 3.92. The molecule has 2 aliphatic rings. The first-order chi connectivity index (χ1) is 15.0. The highest BCUT2D eigenvalue weighted by molar-refractivity contribution is 6.01. The molecule has 1 atom stereocenters. The van der Waals surface area contributed by atoms with Gasteiger partial charge in [-0.1, -0.05) is 18.2 Å². The zero-order valence-corrected chi connectivity index (χ0v) is 18.0. The maximum atomic E-state index is 11.7. The van der Waals surface area contributed by atoms with E-state index < -0.39 is 0 Å². The van der Waals surface area contributed by atoms with Crippen molar-refractivity contribution in [1.29, 1.82) is 0 Å². The Labute approximate surface area is 182 Å². The lowest BCUT2D eigenvalue weighted by Gasteiger charge is -2.17. The number of nitrogens with one attached hydrogen (secondary N) is 1. The fourth-order valence-electron chi connectivity index (χ4n) is 3.92. The van der Waals surface area contributed by atoms with Crippen LogP contribution in [0.3, 0.4) is 0 Å². The first kappa shape index (κ1) is 21.2. The van der Waals surface area contributed by atoms with Crippen LogP contribution in [-0.4, -0.2) is 43.6 Å². The van der Waals surface area contributed by atoms with Crippen molar-refractivity contribution in [3.8, 4) is 17.2 Å². The van der Waals surface area contributed by atoms with Crippen molar-refractivity contribution < 1.29 is 23.8 Å². The molecule has 1 N–H and O–H groups in total. The summed E-state index contributed by atoms with van der Waals surface area (Å²) in [5, 5.41) is 3.55. The van der Waals surface area contributed by atoms with Crippen LogP contribution in [0.15, 0.2) is 36.4 Å². The molecule has 1 fully saturated rings. The van der Waals surface area contributed by atoms with E-state index in [0.717, 1.165) is 24.3 Å². The second kappa shape index (κ2) is 9.39. The van der Waals surface area contributed by atoms with Gasteiger partial charge in [-0.2, -0.15) is 0 Å². The lowest BCUT2D eigenvalue weighted by atomic mass is 10.0. The van der Waals surface area contributed by atoms with E-state index in [-0.39, 0.29) is 31.0 Å². The molecule has 0 bridgehead atoms. The molecule has 2 aliphatic heterocycles. The Hall–Kier alpha value is -3.06. The average molecular weight is 424 g/mol. The quantitative estimate of drug-likeness (QED) is 0.624. The molecule has 0 aromatic heterocycles. The van der Waals surface area contributed by atoms with Gasteiger partial charge >= 0.3 is 0 Å². The average Bonchev–Trinajstić information content (AvgIpc) is 3.38. The minimum absolute atomic E-state index is 0.132. The lowest BCUT2D eigenvalue weighted by Crippen LogP contribution is -2.33. The van der Waals surface area contributed by atoms with Crippen LogP contribution in [0, 0.1) is 0 Å². The number of likely N-dealkylation sites (tertiary alicyclic amines) is 1. The number of hydrogen-bond donors (Lipinski definition) is 1. The van der Waals surface area contributed by atoms with E-state index in [2.05, 4.69) is 24.4 Å². The van der Waals surface area contributed by atoms with Gasteiger partial charge in [0.1, 0.15) is 12.4 Å². The van der Waals surface area contributed by atoms with Gasteiger partial charge in [0.25, 0.3) is 0 Å². The van der Waals surface area contributed by atoms with Crippen molar-refractivity contribution in [3.05, 3.63) is 53.1 Å². The third kappa shape index (κ3) is 4.82. The Kier molecular flexibility index (Phi) is 6.42. The zero-order valence-electron chi connectivity index (χ0n) is 18.0. The molecule has 0 radical (unpaired) electrons. The number of nitrogens with zero attached hydrogens (tertiary/aromatic N) is 1. The van der Waals surface area contributed by atoms with E-state index in [1.807, 2.05) is 24.3 Å². The number of hydrogen-bond acceptors (Lipinski definition) is 6. The Morgan fingerprint density at radius 3 is 2.65 bits per heavy atom. The molecule has 1 saturated heterocycles. The van der Waals surface area contributed by atoms with Crippen molar-refractivity contribution in [2.45, 2.75) is 38.8 Å². The highest BCUT2D eigenvalue weighted by atomic mass is 16.5. The fraction of sp³-hybridized carbons (Fsp3) is 0.417. The van der Waals surface area contributed by atoms with E-state index in [9.17, 15) is 9.59 Å². The van der Waals surface area contributed by atoms with Crippen molar-refractivity contribution in [1.82, 2.24) is 10.2 Å². The Bertz CT molecular complexity index is 958. The number of fused-ring (bicyclic) bond motifs is 1. The first-order valence-electron chi connectivity index (χ1n) is 10.7. The number of ether oxygens (including phenoxy) is 3. The summed E-state index contributed by atoms with van der Waals surface area (Å²) in [6.07, 6.45) is 1.55. The van der Waals surface area contributed by atoms with E-state index in [1.165, 1.54) is 16.0 Å². The number of amides is 2. The monoisotopic (exact) mass is 424 g/mol. The van der Waals surface area contributed by atoms with Crippen molar-refractivity contribution in [2.75, 3.05) is 26.9 Å². The van der Waals surface area contributed by atoms with Crippen LogP contribution < -0.4 is 19.5 Å². The van der Waals surface area contributed by atoms with Crippen LogP contribution in [0.1, 0.15) is 42.5 Å². The Morgan fingerprint density at radius 1 is 1.06 bits per heavy atom. The van der Waals surface area contributed by atoms with E-state index in [4.69, 9.17) is 14.2 Å².